The van der Waals surface area contributed by atoms with Crippen molar-refractivity contribution in [2.75, 3.05) is 12.8 Å². The molecule has 3 N–H and O–H groups in total. The molecule has 0 aromatic carbocycles. The van der Waals surface area contributed by atoms with E-state index in [0.29, 0.717) is 19.4 Å². The van der Waals surface area contributed by atoms with E-state index in [1.165, 1.54) is 17.5 Å². The fourth-order valence-corrected chi connectivity index (χ4v) is 4.28. The Balaban J connectivity index is 2.28. The molecule has 1 aromatic rings. The van der Waals surface area contributed by atoms with E-state index in [1.54, 1.807) is 4.68 Å². The standard InChI is InChI=1S/C13H24N4O3S/c1-3-8-17-9-12(13(14)15-17)21(19,20)16(2)10-6-4-5-7-11(10)18/h9-11,18H,3-8H2,1-2H3,(H2,14,15). The van der Waals surface area contributed by atoms with Gasteiger partial charge in [-0.3, -0.25) is 4.68 Å². The molecular formula is C13H24N4O3S. The van der Waals surface area contributed by atoms with Crippen molar-refractivity contribution in [1.82, 2.24) is 14.1 Å². The molecule has 1 heterocycles. The van der Waals surface area contributed by atoms with E-state index in [2.05, 4.69) is 5.10 Å². The molecule has 2 rings (SSSR count). The van der Waals surface area contributed by atoms with E-state index < -0.39 is 22.2 Å². The normalized spacial score (nSPS) is 23.6. The summed E-state index contributed by atoms with van der Waals surface area (Å²) < 4.78 is 28.2. The summed E-state index contributed by atoms with van der Waals surface area (Å²) in [6, 6.07) is -0.391. The Morgan fingerprint density at radius 2 is 2.14 bits per heavy atom. The van der Waals surface area contributed by atoms with Crippen LogP contribution in [0.15, 0.2) is 11.1 Å². The van der Waals surface area contributed by atoms with Gasteiger partial charge < -0.3 is 10.8 Å². The van der Waals surface area contributed by atoms with E-state index in [0.717, 1.165) is 19.3 Å². The molecule has 120 valence electrons. The van der Waals surface area contributed by atoms with E-state index >= 15 is 0 Å². The highest BCUT2D eigenvalue weighted by atomic mass is 32.2. The Morgan fingerprint density at radius 3 is 2.76 bits per heavy atom. The van der Waals surface area contributed by atoms with Gasteiger partial charge in [-0.25, -0.2) is 8.42 Å². The molecule has 21 heavy (non-hydrogen) atoms. The predicted molar refractivity (Wildman–Crippen MR) is 80.1 cm³/mol. The third kappa shape index (κ3) is 3.22. The van der Waals surface area contributed by atoms with Crippen LogP contribution >= 0.6 is 0 Å². The van der Waals surface area contributed by atoms with Crippen LogP contribution in [-0.2, 0) is 16.6 Å². The van der Waals surface area contributed by atoms with Crippen LogP contribution in [0.25, 0.3) is 0 Å². The molecule has 1 aliphatic carbocycles. The first-order valence-corrected chi connectivity index (χ1v) is 8.81. The summed E-state index contributed by atoms with van der Waals surface area (Å²) in [5.41, 5.74) is 5.76. The van der Waals surface area contributed by atoms with Crippen molar-refractivity contribution >= 4 is 15.8 Å². The molecular weight excluding hydrogens is 292 g/mol. The maximum atomic E-state index is 12.7. The molecule has 0 aliphatic heterocycles. The minimum absolute atomic E-state index is 0.0144. The highest BCUT2D eigenvalue weighted by molar-refractivity contribution is 7.89. The number of nitrogen functional groups attached to an aromatic ring is 1. The molecule has 7 nitrogen and oxygen atoms in total. The van der Waals surface area contributed by atoms with Crippen molar-refractivity contribution in [2.45, 2.75) is 62.6 Å². The van der Waals surface area contributed by atoms with Crippen LogP contribution < -0.4 is 5.73 Å². The first-order valence-electron chi connectivity index (χ1n) is 7.37. The Kier molecular flexibility index (Phi) is 4.90. The summed E-state index contributed by atoms with van der Waals surface area (Å²) in [4.78, 5) is 0.0243. The van der Waals surface area contributed by atoms with E-state index in [1.807, 2.05) is 6.92 Å². The summed E-state index contributed by atoms with van der Waals surface area (Å²) in [7, 11) is -2.23. The summed E-state index contributed by atoms with van der Waals surface area (Å²) in [6.45, 7) is 2.60. The van der Waals surface area contributed by atoms with Gasteiger partial charge in [0.15, 0.2) is 5.82 Å². The van der Waals surface area contributed by atoms with Crippen LogP contribution in [0.1, 0.15) is 39.0 Å². The first kappa shape index (κ1) is 16.3. The van der Waals surface area contributed by atoms with Gasteiger partial charge in [0.2, 0.25) is 10.0 Å². The van der Waals surface area contributed by atoms with Crippen molar-refractivity contribution in [1.29, 1.82) is 0 Å². The topological polar surface area (TPSA) is 101 Å². The lowest BCUT2D eigenvalue weighted by molar-refractivity contribution is 0.0638. The molecule has 2 atom stereocenters. The third-order valence-electron chi connectivity index (χ3n) is 4.03. The monoisotopic (exact) mass is 316 g/mol. The smallest absolute Gasteiger partial charge is 0.248 e. The molecule has 0 bridgehead atoms. The lowest BCUT2D eigenvalue weighted by Gasteiger charge is -2.34. The molecule has 0 saturated heterocycles. The van der Waals surface area contributed by atoms with Crippen molar-refractivity contribution in [3.05, 3.63) is 6.20 Å². The van der Waals surface area contributed by atoms with Gasteiger partial charge in [-0.05, 0) is 19.3 Å². The second kappa shape index (κ2) is 6.33. The highest BCUT2D eigenvalue weighted by Gasteiger charge is 2.36. The van der Waals surface area contributed by atoms with Gasteiger partial charge in [-0.15, -0.1) is 0 Å². The van der Waals surface area contributed by atoms with Crippen molar-refractivity contribution in [3.8, 4) is 0 Å². The average Bonchev–Trinajstić information content (AvgIpc) is 2.80. The summed E-state index contributed by atoms with van der Waals surface area (Å²) in [5.74, 6) is 0.0144. The highest BCUT2D eigenvalue weighted by Crippen LogP contribution is 2.28. The number of likely N-dealkylation sites (N-methyl/N-ethyl adjacent to an activating group) is 1. The number of nitrogens with zero attached hydrogens (tertiary/aromatic N) is 3. The zero-order chi connectivity index (χ0) is 15.6. The van der Waals surface area contributed by atoms with Crippen LogP contribution in [-0.4, -0.2) is 46.8 Å². The number of hydrogen-bond donors (Lipinski definition) is 2. The summed E-state index contributed by atoms with van der Waals surface area (Å²) in [5, 5.41) is 14.1. The minimum Gasteiger partial charge on any atom is -0.391 e. The van der Waals surface area contributed by atoms with E-state index in [-0.39, 0.29) is 10.7 Å². The lowest BCUT2D eigenvalue weighted by atomic mass is 9.93. The predicted octanol–water partition coefficient (Wildman–Crippen LogP) is 0.799. The summed E-state index contributed by atoms with van der Waals surface area (Å²) >= 11 is 0. The molecule has 1 aliphatic rings. The third-order valence-corrected chi connectivity index (χ3v) is 5.93. The Morgan fingerprint density at radius 1 is 1.48 bits per heavy atom. The van der Waals surface area contributed by atoms with Crippen LogP contribution in [0, 0.1) is 0 Å². The Labute approximate surface area is 125 Å². The van der Waals surface area contributed by atoms with Gasteiger partial charge in [0.05, 0.1) is 12.1 Å². The molecule has 2 unspecified atom stereocenters. The number of aromatic nitrogens is 2. The van der Waals surface area contributed by atoms with Crippen LogP contribution in [0.3, 0.4) is 0 Å². The van der Waals surface area contributed by atoms with Crippen molar-refractivity contribution < 1.29 is 13.5 Å². The average molecular weight is 316 g/mol. The number of nitrogens with two attached hydrogens (primary N) is 1. The van der Waals surface area contributed by atoms with Gasteiger partial charge in [-0.1, -0.05) is 19.8 Å². The number of anilines is 1. The van der Waals surface area contributed by atoms with Crippen LogP contribution in [0.4, 0.5) is 5.82 Å². The molecule has 0 spiro atoms. The van der Waals surface area contributed by atoms with Gasteiger partial charge in [-0.2, -0.15) is 9.40 Å². The summed E-state index contributed by atoms with van der Waals surface area (Å²) in [6.07, 6.45) is 4.85. The second-order valence-electron chi connectivity index (χ2n) is 5.58. The van der Waals surface area contributed by atoms with Crippen molar-refractivity contribution in [3.63, 3.8) is 0 Å². The van der Waals surface area contributed by atoms with Crippen molar-refractivity contribution in [2.24, 2.45) is 0 Å². The maximum absolute atomic E-state index is 12.7. The van der Waals surface area contributed by atoms with Crippen LogP contribution in [0.2, 0.25) is 0 Å². The quantitative estimate of drug-likeness (QED) is 0.836. The van der Waals surface area contributed by atoms with Gasteiger partial charge >= 0.3 is 0 Å². The first-order chi connectivity index (χ1) is 9.87. The molecule has 1 aromatic heterocycles. The van der Waals surface area contributed by atoms with Gasteiger partial charge in [0, 0.05) is 19.8 Å². The zero-order valence-electron chi connectivity index (χ0n) is 12.6. The maximum Gasteiger partial charge on any atom is 0.248 e. The second-order valence-corrected chi connectivity index (χ2v) is 7.55. The molecule has 0 amide bonds. The Hall–Kier alpha value is -1.12. The number of aliphatic hydroxyl groups is 1. The molecule has 1 saturated carbocycles. The lowest BCUT2D eigenvalue weighted by Crippen LogP contribution is -2.46. The number of aliphatic hydroxyl groups excluding tert-OH is 1. The van der Waals surface area contributed by atoms with Gasteiger partial charge in [0.25, 0.3) is 0 Å². The number of sulfonamides is 1. The van der Waals surface area contributed by atoms with E-state index in [4.69, 9.17) is 5.73 Å². The molecule has 0 radical (unpaired) electrons. The fraction of sp³-hybridized carbons (Fsp3) is 0.769. The largest absolute Gasteiger partial charge is 0.391 e. The van der Waals surface area contributed by atoms with Gasteiger partial charge in [0.1, 0.15) is 4.90 Å². The Bertz CT molecular complexity index is 584. The zero-order valence-corrected chi connectivity index (χ0v) is 13.4. The molecule has 8 heteroatoms. The minimum atomic E-state index is -3.73. The fourth-order valence-electron chi connectivity index (χ4n) is 2.81. The molecule has 1 fully saturated rings. The number of aryl methyl sites for hydroxylation is 1. The van der Waals surface area contributed by atoms with Crippen LogP contribution in [0.5, 0.6) is 0 Å². The number of hydrogen-bond acceptors (Lipinski definition) is 5. The SMILES string of the molecule is CCCn1cc(S(=O)(=O)N(C)C2CCCCC2O)c(N)n1. The number of rotatable bonds is 5. The van der Waals surface area contributed by atoms with E-state index in [9.17, 15) is 13.5 Å².